The molecule has 2 aromatic rings. The van der Waals surface area contributed by atoms with Gasteiger partial charge in [0.1, 0.15) is 0 Å². The van der Waals surface area contributed by atoms with Gasteiger partial charge in [0, 0.05) is 51.0 Å². The molecule has 9 nitrogen and oxygen atoms in total. The fraction of sp³-hybridized carbons (Fsp3) is 0.364. The molecule has 164 valence electrons. The number of rotatable bonds is 6. The molecule has 3 rings (SSSR count). The number of non-ortho nitro benzene ring substituents is 1. The number of aryl methyl sites for hydroxylation is 1. The van der Waals surface area contributed by atoms with Crippen molar-refractivity contribution in [3.05, 3.63) is 63.2 Å². The van der Waals surface area contributed by atoms with Crippen molar-refractivity contribution < 1.29 is 14.5 Å². The van der Waals surface area contributed by atoms with Crippen molar-refractivity contribution >= 4 is 28.9 Å². The van der Waals surface area contributed by atoms with E-state index in [0.717, 1.165) is 16.8 Å². The summed E-state index contributed by atoms with van der Waals surface area (Å²) in [6.45, 7) is 6.78. The second-order valence-electron chi connectivity index (χ2n) is 7.60. The maximum absolute atomic E-state index is 12.5. The highest BCUT2D eigenvalue weighted by Crippen LogP contribution is 2.26. The van der Waals surface area contributed by atoms with Gasteiger partial charge < -0.3 is 15.5 Å². The van der Waals surface area contributed by atoms with E-state index in [-0.39, 0.29) is 29.6 Å². The number of nitrogens with zero attached hydrogens (tertiary/aromatic N) is 3. The van der Waals surface area contributed by atoms with Gasteiger partial charge in [0.05, 0.1) is 22.7 Å². The number of nitro groups is 1. The fourth-order valence-electron chi connectivity index (χ4n) is 3.66. The molecule has 1 heterocycles. The molecule has 0 spiro atoms. The minimum atomic E-state index is -0.511. The predicted octanol–water partition coefficient (Wildman–Crippen LogP) is 2.33. The third-order valence-electron chi connectivity index (χ3n) is 5.62. The van der Waals surface area contributed by atoms with Gasteiger partial charge >= 0.3 is 0 Å². The van der Waals surface area contributed by atoms with Crippen molar-refractivity contribution in [2.24, 2.45) is 0 Å². The predicted molar refractivity (Wildman–Crippen MR) is 120 cm³/mol. The Hall–Kier alpha value is -3.46. The molecular formula is C22H27N5O4. The van der Waals surface area contributed by atoms with Crippen molar-refractivity contribution in [2.45, 2.75) is 13.8 Å². The maximum Gasteiger partial charge on any atom is 0.270 e. The van der Waals surface area contributed by atoms with Crippen LogP contribution in [0.4, 0.5) is 17.1 Å². The maximum atomic E-state index is 12.5. The van der Waals surface area contributed by atoms with Crippen LogP contribution in [0.5, 0.6) is 0 Å². The minimum Gasteiger partial charge on any atom is -0.368 e. The molecule has 0 aliphatic carbocycles. The summed E-state index contributed by atoms with van der Waals surface area (Å²) < 4.78 is 0. The highest BCUT2D eigenvalue weighted by atomic mass is 16.6. The van der Waals surface area contributed by atoms with Crippen LogP contribution in [-0.2, 0) is 4.79 Å². The summed E-state index contributed by atoms with van der Waals surface area (Å²) in [5.41, 5.74) is 3.82. The zero-order valence-electron chi connectivity index (χ0n) is 18.0. The number of benzene rings is 2. The Morgan fingerprint density at radius 3 is 2.45 bits per heavy atom. The van der Waals surface area contributed by atoms with Crippen LogP contribution in [-0.4, -0.2) is 61.4 Å². The van der Waals surface area contributed by atoms with Crippen molar-refractivity contribution in [2.75, 3.05) is 50.0 Å². The number of amides is 2. The SMILES string of the molecule is CNC(=O)c1cc([N+](=O)[O-])ccc1N1CCN(CC(=O)Nc2cccc(C)c2C)CC1. The summed E-state index contributed by atoms with van der Waals surface area (Å²) in [5.74, 6) is -0.433. The second-order valence-corrected chi connectivity index (χ2v) is 7.60. The summed E-state index contributed by atoms with van der Waals surface area (Å²) in [6, 6.07) is 10.2. The van der Waals surface area contributed by atoms with Crippen LogP contribution in [0.15, 0.2) is 36.4 Å². The Labute approximate surface area is 181 Å². The van der Waals surface area contributed by atoms with Crippen LogP contribution in [0.25, 0.3) is 0 Å². The lowest BCUT2D eigenvalue weighted by molar-refractivity contribution is -0.384. The molecule has 0 atom stereocenters. The topological polar surface area (TPSA) is 108 Å². The molecule has 1 saturated heterocycles. The largest absolute Gasteiger partial charge is 0.368 e. The van der Waals surface area contributed by atoms with E-state index in [4.69, 9.17) is 0 Å². The van der Waals surface area contributed by atoms with Crippen LogP contribution in [0.1, 0.15) is 21.5 Å². The number of nitrogens with one attached hydrogen (secondary N) is 2. The zero-order valence-corrected chi connectivity index (χ0v) is 18.0. The standard InChI is InChI=1S/C22H27N5O4/c1-15-5-4-6-19(16(15)2)24-21(28)14-25-9-11-26(12-10-25)20-8-7-17(27(30)31)13-18(20)22(29)23-3/h4-8,13H,9-12,14H2,1-3H3,(H,23,29)(H,24,28). The lowest BCUT2D eigenvalue weighted by atomic mass is 10.1. The smallest absolute Gasteiger partial charge is 0.270 e. The molecule has 0 bridgehead atoms. The molecule has 0 radical (unpaired) electrons. The second kappa shape index (κ2) is 9.57. The van der Waals surface area contributed by atoms with Gasteiger partial charge in [-0.3, -0.25) is 24.6 Å². The van der Waals surface area contributed by atoms with E-state index < -0.39 is 4.92 Å². The lowest BCUT2D eigenvalue weighted by Gasteiger charge is -2.36. The van der Waals surface area contributed by atoms with E-state index in [9.17, 15) is 19.7 Å². The van der Waals surface area contributed by atoms with Crippen molar-refractivity contribution in [3.63, 3.8) is 0 Å². The van der Waals surface area contributed by atoms with Crippen LogP contribution in [0.2, 0.25) is 0 Å². The first-order chi connectivity index (χ1) is 14.8. The average molecular weight is 425 g/mol. The number of hydrogen-bond acceptors (Lipinski definition) is 6. The van der Waals surface area contributed by atoms with E-state index >= 15 is 0 Å². The molecule has 2 aromatic carbocycles. The number of hydrogen-bond donors (Lipinski definition) is 2. The highest BCUT2D eigenvalue weighted by Gasteiger charge is 2.24. The average Bonchev–Trinajstić information content (AvgIpc) is 2.76. The lowest BCUT2D eigenvalue weighted by Crippen LogP contribution is -2.49. The van der Waals surface area contributed by atoms with Gasteiger partial charge in [0.2, 0.25) is 5.91 Å². The van der Waals surface area contributed by atoms with E-state index in [1.54, 1.807) is 6.07 Å². The Kier molecular flexibility index (Phi) is 6.86. The highest BCUT2D eigenvalue weighted by molar-refractivity contribution is 6.00. The normalized spacial score (nSPS) is 14.2. The molecule has 0 aromatic heterocycles. The molecule has 1 fully saturated rings. The molecule has 0 saturated carbocycles. The molecule has 1 aliphatic rings. The summed E-state index contributed by atoms with van der Waals surface area (Å²) in [4.78, 5) is 39.4. The molecule has 0 unspecified atom stereocenters. The molecule has 2 amide bonds. The van der Waals surface area contributed by atoms with Gasteiger partial charge in [-0.2, -0.15) is 0 Å². The Balaban J connectivity index is 1.63. The van der Waals surface area contributed by atoms with Gasteiger partial charge in [0.25, 0.3) is 11.6 Å². The van der Waals surface area contributed by atoms with E-state index in [2.05, 4.69) is 15.5 Å². The molecular weight excluding hydrogens is 398 g/mol. The van der Waals surface area contributed by atoms with E-state index in [1.807, 2.05) is 36.9 Å². The van der Waals surface area contributed by atoms with Gasteiger partial charge in [-0.25, -0.2) is 0 Å². The first-order valence-corrected chi connectivity index (χ1v) is 10.1. The number of carbonyl (C=O) groups excluding carboxylic acids is 2. The van der Waals surface area contributed by atoms with Gasteiger partial charge in [-0.1, -0.05) is 12.1 Å². The summed E-state index contributed by atoms with van der Waals surface area (Å²) in [7, 11) is 1.50. The summed E-state index contributed by atoms with van der Waals surface area (Å²) >= 11 is 0. The number of piperazine rings is 1. The van der Waals surface area contributed by atoms with Crippen molar-refractivity contribution in [3.8, 4) is 0 Å². The Morgan fingerprint density at radius 2 is 1.81 bits per heavy atom. The summed E-state index contributed by atoms with van der Waals surface area (Å²) in [6.07, 6.45) is 0. The van der Waals surface area contributed by atoms with Crippen molar-refractivity contribution in [1.82, 2.24) is 10.2 Å². The van der Waals surface area contributed by atoms with E-state index in [0.29, 0.717) is 31.9 Å². The molecule has 1 aliphatic heterocycles. The van der Waals surface area contributed by atoms with Crippen LogP contribution >= 0.6 is 0 Å². The number of anilines is 2. The van der Waals surface area contributed by atoms with E-state index in [1.165, 1.54) is 19.2 Å². The monoisotopic (exact) mass is 425 g/mol. The molecule has 2 N–H and O–H groups in total. The van der Waals surface area contributed by atoms with Gasteiger partial charge in [0.15, 0.2) is 0 Å². The van der Waals surface area contributed by atoms with Crippen LogP contribution in [0.3, 0.4) is 0 Å². The van der Waals surface area contributed by atoms with Crippen molar-refractivity contribution in [1.29, 1.82) is 0 Å². The third-order valence-corrected chi connectivity index (χ3v) is 5.62. The third kappa shape index (κ3) is 5.18. The zero-order chi connectivity index (χ0) is 22.5. The molecule has 9 heteroatoms. The Morgan fingerprint density at radius 1 is 1.10 bits per heavy atom. The Bertz CT molecular complexity index is 999. The molecule has 31 heavy (non-hydrogen) atoms. The minimum absolute atomic E-state index is 0.0662. The van der Waals surface area contributed by atoms with Gasteiger partial charge in [-0.05, 0) is 37.1 Å². The first kappa shape index (κ1) is 22.2. The van der Waals surface area contributed by atoms with Crippen LogP contribution < -0.4 is 15.5 Å². The quantitative estimate of drug-likeness (QED) is 0.543. The number of nitro benzene ring substituents is 1. The summed E-state index contributed by atoms with van der Waals surface area (Å²) in [5, 5.41) is 16.6. The first-order valence-electron chi connectivity index (χ1n) is 10.1. The number of carbonyl (C=O) groups is 2. The fourth-order valence-corrected chi connectivity index (χ4v) is 3.66. The van der Waals surface area contributed by atoms with Gasteiger partial charge in [-0.15, -0.1) is 0 Å². The van der Waals surface area contributed by atoms with Crippen LogP contribution in [0, 0.1) is 24.0 Å².